The number of hydrogen-bond acceptors (Lipinski definition) is 2. The first-order valence-electron chi connectivity index (χ1n) is 3.28. The molecular weight excluding hydrogens is 194 g/mol. The molecule has 1 aromatic rings. The SMILES string of the molecule is CSc1cc(Cl)cc(C(N)=O)c1. The molecule has 2 N–H and O–H groups in total. The van der Waals surface area contributed by atoms with Gasteiger partial charge < -0.3 is 5.73 Å². The van der Waals surface area contributed by atoms with Crippen molar-refractivity contribution in [3.63, 3.8) is 0 Å². The Morgan fingerprint density at radius 2 is 2.17 bits per heavy atom. The summed E-state index contributed by atoms with van der Waals surface area (Å²) >= 11 is 7.27. The van der Waals surface area contributed by atoms with Crippen molar-refractivity contribution in [2.24, 2.45) is 5.73 Å². The minimum atomic E-state index is -0.451. The molecule has 0 aliphatic rings. The van der Waals surface area contributed by atoms with Gasteiger partial charge in [-0.1, -0.05) is 11.6 Å². The lowest BCUT2D eigenvalue weighted by atomic mass is 10.2. The van der Waals surface area contributed by atoms with Crippen molar-refractivity contribution < 1.29 is 4.79 Å². The molecule has 1 amide bonds. The van der Waals surface area contributed by atoms with Crippen LogP contribution in [0, 0.1) is 0 Å². The smallest absolute Gasteiger partial charge is 0.248 e. The number of benzene rings is 1. The van der Waals surface area contributed by atoms with Crippen LogP contribution in [0.5, 0.6) is 0 Å². The molecule has 0 saturated heterocycles. The van der Waals surface area contributed by atoms with Crippen LogP contribution >= 0.6 is 23.4 Å². The molecule has 0 atom stereocenters. The monoisotopic (exact) mass is 201 g/mol. The summed E-state index contributed by atoms with van der Waals surface area (Å²) in [6.07, 6.45) is 1.91. The van der Waals surface area contributed by atoms with Gasteiger partial charge in [0.15, 0.2) is 0 Å². The first kappa shape index (κ1) is 9.42. The molecule has 0 aliphatic carbocycles. The molecule has 0 saturated carbocycles. The number of carbonyl (C=O) groups is 1. The number of halogens is 1. The third-order valence-electron chi connectivity index (χ3n) is 1.39. The van der Waals surface area contributed by atoms with E-state index >= 15 is 0 Å². The molecule has 0 aromatic heterocycles. The van der Waals surface area contributed by atoms with Gasteiger partial charge in [-0.15, -0.1) is 11.8 Å². The Morgan fingerprint density at radius 1 is 1.50 bits per heavy atom. The molecule has 2 nitrogen and oxygen atoms in total. The summed E-state index contributed by atoms with van der Waals surface area (Å²) in [7, 11) is 0. The lowest BCUT2D eigenvalue weighted by Gasteiger charge is -2.00. The van der Waals surface area contributed by atoms with Gasteiger partial charge in [0.25, 0.3) is 0 Å². The minimum absolute atomic E-state index is 0.451. The molecule has 0 aliphatic heterocycles. The lowest BCUT2D eigenvalue weighted by molar-refractivity contribution is 0.1000. The second-order valence-electron chi connectivity index (χ2n) is 2.24. The molecule has 1 aromatic carbocycles. The summed E-state index contributed by atoms with van der Waals surface area (Å²) in [4.78, 5) is 11.7. The fraction of sp³-hybridized carbons (Fsp3) is 0.125. The summed E-state index contributed by atoms with van der Waals surface area (Å²) in [6, 6.07) is 5.07. The van der Waals surface area contributed by atoms with Crippen molar-refractivity contribution in [3.8, 4) is 0 Å². The largest absolute Gasteiger partial charge is 0.366 e. The molecule has 4 heteroatoms. The highest BCUT2D eigenvalue weighted by Gasteiger charge is 2.03. The maximum Gasteiger partial charge on any atom is 0.248 e. The van der Waals surface area contributed by atoms with E-state index in [4.69, 9.17) is 17.3 Å². The van der Waals surface area contributed by atoms with E-state index in [-0.39, 0.29) is 0 Å². The number of carbonyl (C=O) groups excluding carboxylic acids is 1. The van der Waals surface area contributed by atoms with Crippen molar-refractivity contribution in [1.29, 1.82) is 0 Å². The zero-order valence-electron chi connectivity index (χ0n) is 6.50. The van der Waals surface area contributed by atoms with E-state index in [9.17, 15) is 4.79 Å². The van der Waals surface area contributed by atoms with Gasteiger partial charge in [-0.3, -0.25) is 4.79 Å². The summed E-state index contributed by atoms with van der Waals surface area (Å²) < 4.78 is 0. The zero-order valence-corrected chi connectivity index (χ0v) is 8.08. The third kappa shape index (κ3) is 2.16. The van der Waals surface area contributed by atoms with E-state index in [0.717, 1.165) is 4.90 Å². The Bertz CT molecular complexity index is 314. The fourth-order valence-corrected chi connectivity index (χ4v) is 1.61. The average molecular weight is 202 g/mol. The van der Waals surface area contributed by atoms with Gasteiger partial charge in [0.1, 0.15) is 0 Å². The number of amides is 1. The Kier molecular flexibility index (Phi) is 3.00. The van der Waals surface area contributed by atoms with Crippen LogP contribution in [0.2, 0.25) is 5.02 Å². The third-order valence-corrected chi connectivity index (χ3v) is 2.32. The number of nitrogens with two attached hydrogens (primary N) is 1. The topological polar surface area (TPSA) is 43.1 Å². The van der Waals surface area contributed by atoms with Crippen molar-refractivity contribution >= 4 is 29.3 Å². The van der Waals surface area contributed by atoms with Gasteiger partial charge in [-0.05, 0) is 24.5 Å². The van der Waals surface area contributed by atoms with Crippen LogP contribution in [0.25, 0.3) is 0 Å². The van der Waals surface area contributed by atoms with Gasteiger partial charge in [-0.25, -0.2) is 0 Å². The van der Waals surface area contributed by atoms with E-state index in [1.165, 1.54) is 11.8 Å². The maximum absolute atomic E-state index is 10.8. The van der Waals surface area contributed by atoms with Crippen LogP contribution in [0.3, 0.4) is 0 Å². The van der Waals surface area contributed by atoms with Crippen molar-refractivity contribution in [3.05, 3.63) is 28.8 Å². The van der Waals surface area contributed by atoms with Crippen molar-refractivity contribution in [2.45, 2.75) is 4.90 Å². The van der Waals surface area contributed by atoms with Crippen LogP contribution < -0.4 is 5.73 Å². The molecule has 64 valence electrons. The fourth-order valence-electron chi connectivity index (χ4n) is 0.823. The normalized spacial score (nSPS) is 9.83. The van der Waals surface area contributed by atoms with Crippen LogP contribution in [-0.4, -0.2) is 12.2 Å². The Balaban J connectivity index is 3.15. The molecule has 0 unspecified atom stereocenters. The highest BCUT2D eigenvalue weighted by atomic mass is 35.5. The summed E-state index contributed by atoms with van der Waals surface area (Å²) in [6.45, 7) is 0. The number of hydrogen-bond donors (Lipinski definition) is 1. The van der Waals surface area contributed by atoms with Crippen LogP contribution in [0.4, 0.5) is 0 Å². The molecule has 0 heterocycles. The standard InChI is InChI=1S/C8H8ClNOS/c1-12-7-3-5(8(10)11)2-6(9)4-7/h2-4H,1H3,(H2,10,11). The highest BCUT2D eigenvalue weighted by molar-refractivity contribution is 7.98. The summed E-state index contributed by atoms with van der Waals surface area (Å²) in [5.74, 6) is -0.451. The van der Waals surface area contributed by atoms with E-state index < -0.39 is 5.91 Å². The zero-order chi connectivity index (χ0) is 9.14. The quantitative estimate of drug-likeness (QED) is 0.746. The van der Waals surface area contributed by atoms with Gasteiger partial charge in [0, 0.05) is 15.5 Å². The van der Waals surface area contributed by atoms with Gasteiger partial charge in [0.05, 0.1) is 0 Å². The number of primary amides is 1. The lowest BCUT2D eigenvalue weighted by Crippen LogP contribution is -2.10. The first-order chi connectivity index (χ1) is 5.63. The summed E-state index contributed by atoms with van der Waals surface area (Å²) in [5.41, 5.74) is 5.55. The number of thioether (sulfide) groups is 1. The molecule has 0 fully saturated rings. The van der Waals surface area contributed by atoms with E-state index in [1.54, 1.807) is 18.2 Å². The van der Waals surface area contributed by atoms with Crippen molar-refractivity contribution in [1.82, 2.24) is 0 Å². The maximum atomic E-state index is 10.8. The van der Waals surface area contributed by atoms with Gasteiger partial charge in [0.2, 0.25) is 5.91 Å². The molecule has 0 spiro atoms. The van der Waals surface area contributed by atoms with Crippen molar-refractivity contribution in [2.75, 3.05) is 6.26 Å². The first-order valence-corrected chi connectivity index (χ1v) is 4.88. The van der Waals surface area contributed by atoms with Crippen LogP contribution in [0.15, 0.2) is 23.1 Å². The van der Waals surface area contributed by atoms with E-state index in [0.29, 0.717) is 10.6 Å². The predicted octanol–water partition coefficient (Wildman–Crippen LogP) is 2.16. The van der Waals surface area contributed by atoms with E-state index in [2.05, 4.69) is 0 Å². The molecule has 0 radical (unpaired) electrons. The van der Waals surface area contributed by atoms with Gasteiger partial charge >= 0.3 is 0 Å². The number of rotatable bonds is 2. The minimum Gasteiger partial charge on any atom is -0.366 e. The molecular formula is C8H8ClNOS. The van der Waals surface area contributed by atoms with Gasteiger partial charge in [-0.2, -0.15) is 0 Å². The summed E-state index contributed by atoms with van der Waals surface area (Å²) in [5, 5.41) is 0.538. The molecule has 12 heavy (non-hydrogen) atoms. The van der Waals surface area contributed by atoms with Crippen LogP contribution in [-0.2, 0) is 0 Å². The molecule has 1 rings (SSSR count). The van der Waals surface area contributed by atoms with Crippen LogP contribution in [0.1, 0.15) is 10.4 Å². The highest BCUT2D eigenvalue weighted by Crippen LogP contribution is 2.21. The Labute approximate surface area is 80.1 Å². The second-order valence-corrected chi connectivity index (χ2v) is 3.56. The molecule has 0 bridgehead atoms. The average Bonchev–Trinajstić information content (AvgIpc) is 2.03. The Hall–Kier alpha value is -0.670. The van der Waals surface area contributed by atoms with E-state index in [1.807, 2.05) is 6.26 Å². The predicted molar refractivity (Wildman–Crippen MR) is 51.8 cm³/mol. The second kappa shape index (κ2) is 3.83. The Morgan fingerprint density at radius 3 is 2.67 bits per heavy atom.